The van der Waals surface area contributed by atoms with Crippen LogP contribution in [-0.4, -0.2) is 18.8 Å². The van der Waals surface area contributed by atoms with Crippen LogP contribution in [0.2, 0.25) is 0 Å². The Bertz CT molecular complexity index is 218. The molecule has 1 rings (SSSR count). The van der Waals surface area contributed by atoms with Gasteiger partial charge in [-0.2, -0.15) is 0 Å². The molecule has 0 aliphatic rings. The second-order valence-corrected chi connectivity index (χ2v) is 1.96. The van der Waals surface area contributed by atoms with Crippen LogP contribution in [0.5, 0.6) is 0 Å². The number of hydrogen-bond donors (Lipinski definition) is 1. The topological polar surface area (TPSA) is 37.3 Å². The molecule has 1 radical (unpaired) electrons. The molecule has 0 bridgehead atoms. The van der Waals surface area contributed by atoms with Crippen LogP contribution in [0.1, 0.15) is 5.56 Å². The van der Waals surface area contributed by atoms with Crippen molar-refractivity contribution in [1.82, 2.24) is 0 Å². The van der Waals surface area contributed by atoms with Gasteiger partial charge in [-0.15, -0.1) is 0 Å². The van der Waals surface area contributed by atoms with Crippen LogP contribution in [0.3, 0.4) is 0 Å². The molecular formula is C7H6BO2. The van der Waals surface area contributed by atoms with Gasteiger partial charge in [0.1, 0.15) is 0 Å². The lowest BCUT2D eigenvalue weighted by Gasteiger charge is -1.91. The molecule has 0 aliphatic carbocycles. The van der Waals surface area contributed by atoms with E-state index in [2.05, 4.69) is 0 Å². The van der Waals surface area contributed by atoms with Crippen molar-refractivity contribution >= 4 is 19.2 Å². The molecule has 0 unspecified atom stereocenters. The van der Waals surface area contributed by atoms with Crippen LogP contribution >= 0.6 is 0 Å². The van der Waals surface area contributed by atoms with Crippen molar-refractivity contribution in [3.8, 4) is 0 Å². The van der Waals surface area contributed by atoms with Gasteiger partial charge < -0.3 is 5.02 Å². The third-order valence-electron chi connectivity index (χ3n) is 1.25. The van der Waals surface area contributed by atoms with Crippen LogP contribution in [-0.2, 0) is 4.79 Å². The molecule has 0 amide bonds. The summed E-state index contributed by atoms with van der Waals surface area (Å²) in [6.07, 6.45) is 1.75. The Morgan fingerprint density at radius 1 is 1.30 bits per heavy atom. The van der Waals surface area contributed by atoms with E-state index < -0.39 is 0 Å². The van der Waals surface area contributed by atoms with Gasteiger partial charge in [-0.3, -0.25) is 4.79 Å². The quantitative estimate of drug-likeness (QED) is 0.531. The fourth-order valence-corrected chi connectivity index (χ4v) is 0.678. The Labute approximate surface area is 59.8 Å². The standard InChI is InChI=1S/C7H6BO2/c9-5-6-1-3-7(8-10)4-2-6/h1-4,8,10H. The highest BCUT2D eigenvalue weighted by Gasteiger charge is 1.92. The van der Waals surface area contributed by atoms with Gasteiger partial charge in [0.25, 0.3) is 0 Å². The van der Waals surface area contributed by atoms with Crippen molar-refractivity contribution in [2.45, 2.75) is 0 Å². The van der Waals surface area contributed by atoms with Crippen LogP contribution in [0.4, 0.5) is 0 Å². The SMILES string of the molecule is O=[C]c1ccc(BO)cc1. The van der Waals surface area contributed by atoms with Gasteiger partial charge >= 0.3 is 7.48 Å². The second kappa shape index (κ2) is 3.18. The molecule has 0 atom stereocenters. The summed E-state index contributed by atoms with van der Waals surface area (Å²) in [6.45, 7) is 0. The van der Waals surface area contributed by atoms with Crippen molar-refractivity contribution in [2.24, 2.45) is 0 Å². The average Bonchev–Trinajstić information content (AvgIpc) is 2.05. The molecule has 0 aromatic heterocycles. The Balaban J connectivity index is 2.90. The smallest absolute Gasteiger partial charge is 0.304 e. The fraction of sp³-hybridized carbons (Fsp3) is 0. The van der Waals surface area contributed by atoms with Crippen molar-refractivity contribution in [1.29, 1.82) is 0 Å². The lowest BCUT2D eigenvalue weighted by atomic mass is 9.88. The molecule has 0 saturated heterocycles. The van der Waals surface area contributed by atoms with E-state index in [-0.39, 0.29) is 7.48 Å². The molecule has 0 fully saturated rings. The summed E-state index contributed by atoms with van der Waals surface area (Å²) in [5, 5.41) is 8.60. The molecule has 0 saturated carbocycles. The van der Waals surface area contributed by atoms with Crippen molar-refractivity contribution in [2.75, 3.05) is 0 Å². The fourth-order valence-electron chi connectivity index (χ4n) is 0.678. The minimum atomic E-state index is 0.0130. The Morgan fingerprint density at radius 2 is 1.90 bits per heavy atom. The first-order chi connectivity index (χ1) is 4.86. The Hall–Kier alpha value is -1.09. The molecule has 1 aromatic rings. The van der Waals surface area contributed by atoms with Crippen LogP contribution < -0.4 is 5.46 Å². The third kappa shape index (κ3) is 1.45. The minimum Gasteiger partial charge on any atom is -0.449 e. The minimum absolute atomic E-state index is 0.0130. The summed E-state index contributed by atoms with van der Waals surface area (Å²) < 4.78 is 0. The summed E-state index contributed by atoms with van der Waals surface area (Å²) in [7, 11) is 0.0130. The lowest BCUT2D eigenvalue weighted by Crippen LogP contribution is -2.12. The monoisotopic (exact) mass is 133 g/mol. The zero-order valence-electron chi connectivity index (χ0n) is 5.37. The number of benzene rings is 1. The molecule has 1 aromatic carbocycles. The highest BCUT2D eigenvalue weighted by atomic mass is 16.2. The largest absolute Gasteiger partial charge is 0.449 e. The first-order valence-corrected chi connectivity index (χ1v) is 2.95. The normalized spacial score (nSPS) is 8.90. The molecule has 1 N–H and O–H groups in total. The molecule has 0 spiro atoms. The lowest BCUT2D eigenvalue weighted by molar-refractivity contribution is 0.562. The van der Waals surface area contributed by atoms with Crippen molar-refractivity contribution in [3.63, 3.8) is 0 Å². The molecule has 0 aliphatic heterocycles. The van der Waals surface area contributed by atoms with Crippen molar-refractivity contribution in [3.05, 3.63) is 29.8 Å². The van der Waals surface area contributed by atoms with Gasteiger partial charge in [0.15, 0.2) is 0 Å². The Morgan fingerprint density at radius 3 is 2.30 bits per heavy atom. The molecule has 10 heavy (non-hydrogen) atoms. The molecule has 3 heteroatoms. The third-order valence-corrected chi connectivity index (χ3v) is 1.25. The van der Waals surface area contributed by atoms with E-state index in [4.69, 9.17) is 5.02 Å². The van der Waals surface area contributed by atoms with E-state index in [1.165, 1.54) is 0 Å². The van der Waals surface area contributed by atoms with Gasteiger partial charge in [0.2, 0.25) is 6.29 Å². The number of hydrogen-bond acceptors (Lipinski definition) is 2. The predicted molar refractivity (Wildman–Crippen MR) is 40.2 cm³/mol. The van der Waals surface area contributed by atoms with Gasteiger partial charge in [-0.25, -0.2) is 0 Å². The summed E-state index contributed by atoms with van der Waals surface area (Å²) in [5.74, 6) is 0. The number of rotatable bonds is 2. The first kappa shape index (κ1) is 7.03. The second-order valence-electron chi connectivity index (χ2n) is 1.96. The van der Waals surface area contributed by atoms with Crippen LogP contribution in [0.25, 0.3) is 0 Å². The first-order valence-electron chi connectivity index (χ1n) is 2.95. The van der Waals surface area contributed by atoms with Crippen molar-refractivity contribution < 1.29 is 9.82 Å². The van der Waals surface area contributed by atoms with E-state index in [1.807, 2.05) is 0 Å². The summed E-state index contributed by atoms with van der Waals surface area (Å²) in [6, 6.07) is 6.64. The van der Waals surface area contributed by atoms with E-state index >= 15 is 0 Å². The van der Waals surface area contributed by atoms with E-state index in [0.717, 1.165) is 5.46 Å². The van der Waals surface area contributed by atoms with Crippen LogP contribution in [0.15, 0.2) is 24.3 Å². The van der Waals surface area contributed by atoms with Gasteiger partial charge in [-0.05, 0) is 0 Å². The maximum Gasteiger partial charge on any atom is 0.304 e. The van der Waals surface area contributed by atoms with E-state index in [0.29, 0.717) is 5.56 Å². The van der Waals surface area contributed by atoms with Gasteiger partial charge in [0.05, 0.1) is 0 Å². The molecule has 2 nitrogen and oxygen atoms in total. The van der Waals surface area contributed by atoms with E-state index in [9.17, 15) is 4.79 Å². The molecule has 49 valence electrons. The van der Waals surface area contributed by atoms with Gasteiger partial charge in [-0.1, -0.05) is 29.7 Å². The zero-order chi connectivity index (χ0) is 7.40. The van der Waals surface area contributed by atoms with Gasteiger partial charge in [0, 0.05) is 5.56 Å². The number of carbonyl (C=O) groups excluding carboxylic acids is 1. The average molecular weight is 133 g/mol. The Kier molecular flexibility index (Phi) is 2.23. The summed E-state index contributed by atoms with van der Waals surface area (Å²) >= 11 is 0. The maximum absolute atomic E-state index is 10.0. The maximum atomic E-state index is 10.0. The predicted octanol–water partition coefficient (Wildman–Crippen LogP) is -0.887. The molecule has 0 heterocycles. The van der Waals surface area contributed by atoms with E-state index in [1.54, 1.807) is 30.6 Å². The zero-order valence-corrected chi connectivity index (χ0v) is 5.37. The highest BCUT2D eigenvalue weighted by Crippen LogP contribution is 1.90. The molecular weight excluding hydrogens is 127 g/mol. The van der Waals surface area contributed by atoms with Crippen LogP contribution in [0, 0.1) is 0 Å². The summed E-state index contributed by atoms with van der Waals surface area (Å²) in [5.41, 5.74) is 1.32. The summed E-state index contributed by atoms with van der Waals surface area (Å²) in [4.78, 5) is 10.0. The highest BCUT2D eigenvalue weighted by molar-refractivity contribution is 6.45.